The first-order chi connectivity index (χ1) is 10.2. The average Bonchev–Trinajstić information content (AvgIpc) is 2.84. The van der Waals surface area contributed by atoms with E-state index in [0.29, 0.717) is 18.4 Å². The molecular weight excluding hydrogens is 267 g/mol. The number of benzene rings is 1. The van der Waals surface area contributed by atoms with Crippen LogP contribution in [0.3, 0.4) is 0 Å². The summed E-state index contributed by atoms with van der Waals surface area (Å²) >= 11 is 0. The van der Waals surface area contributed by atoms with E-state index in [2.05, 4.69) is 17.1 Å². The summed E-state index contributed by atoms with van der Waals surface area (Å²) in [7, 11) is 0. The van der Waals surface area contributed by atoms with Gasteiger partial charge in [0, 0.05) is 25.6 Å². The molecule has 2 rings (SSSR count). The van der Waals surface area contributed by atoms with Crippen molar-refractivity contribution in [2.45, 2.75) is 51.6 Å². The molecule has 3 nitrogen and oxygen atoms in total. The van der Waals surface area contributed by atoms with Gasteiger partial charge in [0.1, 0.15) is 5.82 Å². The Morgan fingerprint density at radius 2 is 2.10 bits per heavy atom. The van der Waals surface area contributed by atoms with Crippen LogP contribution in [0.2, 0.25) is 0 Å². The highest BCUT2D eigenvalue weighted by Gasteiger charge is 2.29. The number of carbonyl (C=O) groups excluding carboxylic acids is 1. The van der Waals surface area contributed by atoms with E-state index in [1.165, 1.54) is 12.1 Å². The zero-order valence-electron chi connectivity index (χ0n) is 12.8. The first-order valence-electron chi connectivity index (χ1n) is 7.95. The second-order valence-corrected chi connectivity index (χ2v) is 5.73. The summed E-state index contributed by atoms with van der Waals surface area (Å²) in [6, 6.07) is 6.96. The lowest BCUT2D eigenvalue weighted by Gasteiger charge is -2.24. The standard InChI is InChI=1S/C17H25FN2O/c1-2-3-12-20-16(8-9-17(20)21)10-11-19-13-14-4-6-15(18)7-5-14/h4-7,16,19H,2-3,8-13H2,1H3/t16-/m0/s1. The number of halogens is 1. The topological polar surface area (TPSA) is 32.3 Å². The van der Waals surface area contributed by atoms with Crippen LogP contribution in [-0.4, -0.2) is 29.9 Å². The van der Waals surface area contributed by atoms with Gasteiger partial charge in [0.05, 0.1) is 0 Å². The van der Waals surface area contributed by atoms with Crippen LogP contribution >= 0.6 is 0 Å². The maximum atomic E-state index is 12.8. The third-order valence-electron chi connectivity index (χ3n) is 4.10. The Morgan fingerprint density at radius 1 is 1.33 bits per heavy atom. The van der Waals surface area contributed by atoms with Crippen LogP contribution in [0, 0.1) is 5.82 Å². The lowest BCUT2D eigenvalue weighted by atomic mass is 10.1. The van der Waals surface area contributed by atoms with Crippen molar-refractivity contribution in [3.05, 3.63) is 35.6 Å². The molecule has 4 heteroatoms. The van der Waals surface area contributed by atoms with Crippen molar-refractivity contribution in [1.29, 1.82) is 0 Å². The second kappa shape index (κ2) is 8.13. The smallest absolute Gasteiger partial charge is 0.222 e. The molecule has 1 aromatic carbocycles. The number of likely N-dealkylation sites (tertiary alicyclic amines) is 1. The van der Waals surface area contributed by atoms with Gasteiger partial charge in [-0.1, -0.05) is 25.5 Å². The van der Waals surface area contributed by atoms with Gasteiger partial charge in [-0.2, -0.15) is 0 Å². The Hall–Kier alpha value is -1.42. The van der Waals surface area contributed by atoms with Crippen molar-refractivity contribution in [2.75, 3.05) is 13.1 Å². The molecule has 0 saturated carbocycles. The summed E-state index contributed by atoms with van der Waals surface area (Å²) in [5, 5.41) is 3.38. The van der Waals surface area contributed by atoms with Crippen molar-refractivity contribution in [3.8, 4) is 0 Å². The predicted octanol–water partition coefficient (Wildman–Crippen LogP) is 3.10. The van der Waals surface area contributed by atoms with E-state index in [1.807, 2.05) is 0 Å². The summed E-state index contributed by atoms with van der Waals surface area (Å²) < 4.78 is 12.8. The molecule has 0 unspecified atom stereocenters. The van der Waals surface area contributed by atoms with Crippen molar-refractivity contribution in [1.82, 2.24) is 10.2 Å². The lowest BCUT2D eigenvalue weighted by molar-refractivity contribution is -0.129. The Bertz CT molecular complexity index is 447. The number of nitrogens with one attached hydrogen (secondary N) is 1. The van der Waals surface area contributed by atoms with E-state index in [4.69, 9.17) is 0 Å². The van der Waals surface area contributed by atoms with E-state index in [1.54, 1.807) is 12.1 Å². The Morgan fingerprint density at radius 3 is 2.81 bits per heavy atom. The third-order valence-corrected chi connectivity index (χ3v) is 4.10. The van der Waals surface area contributed by atoms with Crippen LogP contribution in [0.4, 0.5) is 4.39 Å². The molecule has 0 bridgehead atoms. The summed E-state index contributed by atoms with van der Waals surface area (Å²) in [6.45, 7) is 4.69. The van der Waals surface area contributed by atoms with Gasteiger partial charge in [-0.3, -0.25) is 4.79 Å². The van der Waals surface area contributed by atoms with Gasteiger partial charge >= 0.3 is 0 Å². The monoisotopic (exact) mass is 292 g/mol. The van der Waals surface area contributed by atoms with Gasteiger partial charge in [0.2, 0.25) is 5.91 Å². The van der Waals surface area contributed by atoms with Crippen LogP contribution in [0.5, 0.6) is 0 Å². The van der Waals surface area contributed by atoms with Gasteiger partial charge in [0.25, 0.3) is 0 Å². The highest BCUT2D eigenvalue weighted by molar-refractivity contribution is 5.78. The van der Waals surface area contributed by atoms with E-state index in [9.17, 15) is 9.18 Å². The Labute approximate surface area is 126 Å². The fraction of sp³-hybridized carbons (Fsp3) is 0.588. The normalized spacial score (nSPS) is 18.5. The SMILES string of the molecule is CCCCN1C(=O)CC[C@H]1CCNCc1ccc(F)cc1. The molecule has 1 N–H and O–H groups in total. The molecule has 0 radical (unpaired) electrons. The minimum atomic E-state index is -0.199. The maximum absolute atomic E-state index is 12.8. The van der Waals surface area contributed by atoms with E-state index >= 15 is 0 Å². The van der Waals surface area contributed by atoms with Crippen LogP contribution < -0.4 is 5.32 Å². The van der Waals surface area contributed by atoms with Crippen LogP contribution in [0.1, 0.15) is 44.6 Å². The van der Waals surface area contributed by atoms with Crippen LogP contribution in [0.25, 0.3) is 0 Å². The van der Waals surface area contributed by atoms with Crippen molar-refractivity contribution in [3.63, 3.8) is 0 Å². The summed E-state index contributed by atoms with van der Waals surface area (Å²) in [5.74, 6) is 0.113. The molecule has 1 heterocycles. The number of hydrogen-bond acceptors (Lipinski definition) is 2. The van der Waals surface area contributed by atoms with Gasteiger partial charge in [-0.25, -0.2) is 4.39 Å². The highest BCUT2D eigenvalue weighted by Crippen LogP contribution is 2.21. The predicted molar refractivity (Wildman–Crippen MR) is 82.4 cm³/mol. The highest BCUT2D eigenvalue weighted by atomic mass is 19.1. The average molecular weight is 292 g/mol. The third kappa shape index (κ3) is 4.81. The summed E-state index contributed by atoms with van der Waals surface area (Å²) in [6.07, 6.45) is 4.90. The number of unbranched alkanes of at least 4 members (excludes halogenated alkanes) is 1. The molecular formula is C17H25FN2O. The number of nitrogens with zero attached hydrogens (tertiary/aromatic N) is 1. The molecule has 0 aliphatic carbocycles. The van der Waals surface area contributed by atoms with Crippen LogP contribution in [0.15, 0.2) is 24.3 Å². The van der Waals surface area contributed by atoms with E-state index in [-0.39, 0.29) is 5.82 Å². The Kier molecular flexibility index (Phi) is 6.18. The number of carbonyl (C=O) groups is 1. The first kappa shape index (κ1) is 16.0. The molecule has 1 aromatic rings. The van der Waals surface area contributed by atoms with Crippen molar-refractivity contribution >= 4 is 5.91 Å². The summed E-state index contributed by atoms with van der Waals surface area (Å²) in [4.78, 5) is 13.9. The van der Waals surface area contributed by atoms with E-state index < -0.39 is 0 Å². The maximum Gasteiger partial charge on any atom is 0.222 e. The molecule has 21 heavy (non-hydrogen) atoms. The molecule has 0 aromatic heterocycles. The molecule has 1 aliphatic heterocycles. The lowest BCUT2D eigenvalue weighted by Crippen LogP contribution is -2.35. The molecule has 0 spiro atoms. The number of rotatable bonds is 8. The van der Waals surface area contributed by atoms with Crippen LogP contribution in [-0.2, 0) is 11.3 Å². The van der Waals surface area contributed by atoms with Gasteiger partial charge < -0.3 is 10.2 Å². The fourth-order valence-corrected chi connectivity index (χ4v) is 2.83. The number of amides is 1. The van der Waals surface area contributed by atoms with Crippen molar-refractivity contribution < 1.29 is 9.18 Å². The minimum Gasteiger partial charge on any atom is -0.340 e. The molecule has 1 atom stereocenters. The molecule has 1 fully saturated rings. The zero-order chi connectivity index (χ0) is 15.1. The second-order valence-electron chi connectivity index (χ2n) is 5.73. The quantitative estimate of drug-likeness (QED) is 0.747. The molecule has 116 valence electrons. The molecule has 1 aliphatic rings. The minimum absolute atomic E-state index is 0.199. The zero-order valence-corrected chi connectivity index (χ0v) is 12.8. The fourth-order valence-electron chi connectivity index (χ4n) is 2.83. The first-order valence-corrected chi connectivity index (χ1v) is 7.95. The molecule has 1 amide bonds. The van der Waals surface area contributed by atoms with Crippen molar-refractivity contribution in [2.24, 2.45) is 0 Å². The van der Waals surface area contributed by atoms with Gasteiger partial charge in [0.15, 0.2) is 0 Å². The largest absolute Gasteiger partial charge is 0.340 e. The molecule has 1 saturated heterocycles. The Balaban J connectivity index is 1.70. The van der Waals surface area contributed by atoms with Gasteiger partial charge in [-0.15, -0.1) is 0 Å². The van der Waals surface area contributed by atoms with Gasteiger partial charge in [-0.05, 0) is 43.5 Å². The number of hydrogen-bond donors (Lipinski definition) is 1. The summed E-state index contributed by atoms with van der Waals surface area (Å²) in [5.41, 5.74) is 1.08. The van der Waals surface area contributed by atoms with E-state index in [0.717, 1.165) is 50.9 Å².